The maximum absolute atomic E-state index is 13.3. The summed E-state index contributed by atoms with van der Waals surface area (Å²) in [6.45, 7) is 0.168. The largest absolute Gasteiger partial charge is 0.495 e. The molecule has 0 radical (unpaired) electrons. The highest BCUT2D eigenvalue weighted by atomic mass is 32.2. The van der Waals surface area contributed by atoms with E-state index in [1.807, 2.05) is 30.3 Å². The lowest BCUT2D eigenvalue weighted by Gasteiger charge is -2.19. The van der Waals surface area contributed by atoms with Crippen LogP contribution in [-0.2, 0) is 23.0 Å². The first-order valence-electron chi connectivity index (χ1n) is 10.3. The summed E-state index contributed by atoms with van der Waals surface area (Å²) in [5.74, 6) is -0.339. The number of hydrogen-bond acceptors (Lipinski definition) is 7. The molecule has 0 aliphatic heterocycles. The van der Waals surface area contributed by atoms with Crippen molar-refractivity contribution >= 4 is 38.2 Å². The van der Waals surface area contributed by atoms with Crippen molar-refractivity contribution < 1.29 is 22.7 Å². The summed E-state index contributed by atoms with van der Waals surface area (Å²) in [4.78, 5) is 29.8. The second-order valence-electron chi connectivity index (χ2n) is 7.64. The van der Waals surface area contributed by atoms with Crippen LogP contribution in [0.1, 0.15) is 44.1 Å². The van der Waals surface area contributed by atoms with E-state index >= 15 is 0 Å². The van der Waals surface area contributed by atoms with E-state index in [1.54, 1.807) is 0 Å². The summed E-state index contributed by atoms with van der Waals surface area (Å²) in [6, 6.07) is 13.5. The zero-order valence-corrected chi connectivity index (χ0v) is 19.8. The minimum Gasteiger partial charge on any atom is -0.495 e. The quantitative estimate of drug-likeness (QED) is 0.547. The van der Waals surface area contributed by atoms with Crippen molar-refractivity contribution in [3.05, 3.63) is 70.2 Å². The fourth-order valence-corrected chi connectivity index (χ4v) is 5.92. The van der Waals surface area contributed by atoms with Crippen LogP contribution in [0, 0.1) is 0 Å². The fraction of sp³-hybridized carbons (Fsp3) is 0.261. The van der Waals surface area contributed by atoms with E-state index in [2.05, 4.69) is 10.3 Å². The topological polar surface area (TPSA) is 106 Å². The van der Waals surface area contributed by atoms with Crippen molar-refractivity contribution in [3.63, 3.8) is 0 Å². The highest BCUT2D eigenvalue weighted by Crippen LogP contribution is 2.31. The number of carbonyl (C=O) groups excluding carboxylic acids is 2. The molecule has 1 N–H and O–H groups in total. The van der Waals surface area contributed by atoms with Gasteiger partial charge in [0, 0.05) is 25.6 Å². The minimum atomic E-state index is -3.95. The Morgan fingerprint density at radius 1 is 1.18 bits per heavy atom. The number of nitrogens with one attached hydrogen (secondary N) is 1. The Hall–Kier alpha value is -3.08. The first-order chi connectivity index (χ1) is 15.8. The van der Waals surface area contributed by atoms with E-state index in [-0.39, 0.29) is 28.5 Å². The minimum absolute atomic E-state index is 0.0357. The predicted molar refractivity (Wildman–Crippen MR) is 125 cm³/mol. The summed E-state index contributed by atoms with van der Waals surface area (Å²) >= 11 is 1.15. The van der Waals surface area contributed by atoms with Crippen molar-refractivity contribution in [1.82, 2.24) is 9.29 Å². The van der Waals surface area contributed by atoms with Crippen LogP contribution in [0.15, 0.2) is 53.4 Å². The van der Waals surface area contributed by atoms with E-state index in [9.17, 15) is 18.0 Å². The number of sulfonamides is 1. The number of anilines is 1. The number of fused-ring (bicyclic) bond motifs is 1. The molecule has 1 aliphatic carbocycles. The first kappa shape index (κ1) is 23.1. The molecule has 0 unspecified atom stereocenters. The molecule has 172 valence electrons. The molecule has 0 fully saturated rings. The predicted octanol–water partition coefficient (Wildman–Crippen LogP) is 3.74. The van der Waals surface area contributed by atoms with Gasteiger partial charge in [0.05, 0.1) is 17.7 Å². The average Bonchev–Trinajstić information content (AvgIpc) is 3.23. The van der Waals surface area contributed by atoms with Crippen LogP contribution in [0.5, 0.6) is 5.75 Å². The first-order valence-corrected chi connectivity index (χ1v) is 12.6. The maximum Gasteiger partial charge on any atom is 0.257 e. The number of hydrogen-bond donors (Lipinski definition) is 1. The highest BCUT2D eigenvalue weighted by molar-refractivity contribution is 7.89. The molecule has 1 amide bonds. The molecule has 4 rings (SSSR count). The van der Waals surface area contributed by atoms with E-state index < -0.39 is 15.9 Å². The lowest BCUT2D eigenvalue weighted by Crippen LogP contribution is -2.27. The molecule has 0 saturated heterocycles. The van der Waals surface area contributed by atoms with Crippen molar-refractivity contribution in [2.24, 2.45) is 0 Å². The number of methoxy groups -OCH3 is 1. The lowest BCUT2D eigenvalue weighted by molar-refractivity contribution is 0.0975. The Bertz CT molecular complexity index is 1300. The number of aryl methyl sites for hydroxylation is 1. The van der Waals surface area contributed by atoms with Crippen LogP contribution in [0.2, 0.25) is 0 Å². The molecule has 8 nitrogen and oxygen atoms in total. The molecule has 1 heterocycles. The summed E-state index contributed by atoms with van der Waals surface area (Å²) < 4.78 is 33.0. The van der Waals surface area contributed by atoms with E-state index in [4.69, 9.17) is 4.74 Å². The second kappa shape index (κ2) is 9.42. The number of aromatic nitrogens is 1. The molecule has 0 bridgehead atoms. The molecule has 3 aromatic rings. The van der Waals surface area contributed by atoms with Gasteiger partial charge in [-0.2, -0.15) is 4.31 Å². The number of Topliss-reactive ketones (excluding diaryl/α,β-unsaturated/α-hetero) is 1. The summed E-state index contributed by atoms with van der Waals surface area (Å²) in [6.07, 6.45) is 1.93. The van der Waals surface area contributed by atoms with Crippen molar-refractivity contribution in [3.8, 4) is 5.75 Å². The van der Waals surface area contributed by atoms with Crippen LogP contribution >= 0.6 is 11.3 Å². The van der Waals surface area contributed by atoms with Crippen LogP contribution in [0.25, 0.3) is 0 Å². The third-order valence-corrected chi connectivity index (χ3v) is 8.23. The average molecular weight is 486 g/mol. The number of ketones is 1. The van der Waals surface area contributed by atoms with Gasteiger partial charge in [-0.1, -0.05) is 41.7 Å². The Labute approximate surface area is 196 Å². The molecule has 33 heavy (non-hydrogen) atoms. The van der Waals surface area contributed by atoms with Gasteiger partial charge in [0.2, 0.25) is 10.0 Å². The summed E-state index contributed by atoms with van der Waals surface area (Å²) in [7, 11) is -1.09. The maximum atomic E-state index is 13.3. The molecular weight excluding hydrogens is 462 g/mol. The Balaban J connectivity index is 1.59. The van der Waals surface area contributed by atoms with Crippen LogP contribution < -0.4 is 10.1 Å². The Kier molecular flexibility index (Phi) is 6.59. The SMILES string of the molecule is COc1ccc(C(=O)Nc2nc3c(s2)C(=O)CCC3)cc1S(=O)(=O)N(C)Cc1ccccc1. The number of rotatable bonds is 7. The summed E-state index contributed by atoms with van der Waals surface area (Å²) in [5, 5.41) is 3.01. The van der Waals surface area contributed by atoms with E-state index in [1.165, 1.54) is 36.7 Å². The molecule has 10 heteroatoms. The molecule has 0 atom stereocenters. The van der Waals surface area contributed by atoms with Crippen molar-refractivity contribution in [2.45, 2.75) is 30.7 Å². The van der Waals surface area contributed by atoms with Gasteiger partial charge in [0.15, 0.2) is 10.9 Å². The zero-order valence-electron chi connectivity index (χ0n) is 18.2. The van der Waals surface area contributed by atoms with Gasteiger partial charge in [-0.05, 0) is 36.6 Å². The van der Waals surface area contributed by atoms with Crippen molar-refractivity contribution in [1.29, 1.82) is 0 Å². The lowest BCUT2D eigenvalue weighted by atomic mass is 10.0. The van der Waals surface area contributed by atoms with E-state index in [0.717, 1.165) is 23.3 Å². The van der Waals surface area contributed by atoms with Gasteiger partial charge in [-0.15, -0.1) is 0 Å². The van der Waals surface area contributed by atoms with Gasteiger partial charge in [0.1, 0.15) is 10.6 Å². The smallest absolute Gasteiger partial charge is 0.257 e. The standard InChI is InChI=1S/C23H23N3O5S2/c1-26(14-15-7-4-3-5-8-15)33(29,30)20-13-16(11-12-19(20)31-2)22(28)25-23-24-17-9-6-10-18(27)21(17)32-23/h3-5,7-8,11-13H,6,9-10,14H2,1-2H3,(H,24,25,28). The third-order valence-electron chi connectivity index (χ3n) is 5.35. The van der Waals surface area contributed by atoms with Gasteiger partial charge in [-0.25, -0.2) is 13.4 Å². The zero-order chi connectivity index (χ0) is 23.6. The monoisotopic (exact) mass is 485 g/mol. The van der Waals surface area contributed by atoms with Gasteiger partial charge < -0.3 is 4.74 Å². The number of thiazole rings is 1. The van der Waals surface area contributed by atoms with Gasteiger partial charge in [0.25, 0.3) is 5.91 Å². The number of carbonyl (C=O) groups is 2. The number of ether oxygens (including phenoxy) is 1. The highest BCUT2D eigenvalue weighted by Gasteiger charge is 2.27. The molecule has 0 spiro atoms. The molecular formula is C23H23N3O5S2. The Morgan fingerprint density at radius 2 is 1.94 bits per heavy atom. The number of amides is 1. The number of nitrogens with zero attached hydrogens (tertiary/aromatic N) is 2. The summed E-state index contributed by atoms with van der Waals surface area (Å²) in [5.41, 5.74) is 1.67. The van der Waals surface area contributed by atoms with Crippen LogP contribution in [-0.4, -0.2) is 43.6 Å². The van der Waals surface area contributed by atoms with Crippen LogP contribution in [0.4, 0.5) is 5.13 Å². The molecule has 2 aromatic carbocycles. The third kappa shape index (κ3) is 4.82. The van der Waals surface area contributed by atoms with Gasteiger partial charge >= 0.3 is 0 Å². The number of benzene rings is 2. The fourth-order valence-electron chi connectivity index (χ4n) is 3.60. The van der Waals surface area contributed by atoms with Crippen LogP contribution in [0.3, 0.4) is 0 Å². The second-order valence-corrected chi connectivity index (χ2v) is 10.7. The molecule has 0 saturated carbocycles. The molecule has 1 aliphatic rings. The Morgan fingerprint density at radius 3 is 2.64 bits per heavy atom. The van der Waals surface area contributed by atoms with E-state index in [0.29, 0.717) is 28.5 Å². The van der Waals surface area contributed by atoms with Crippen molar-refractivity contribution in [2.75, 3.05) is 19.5 Å². The van der Waals surface area contributed by atoms with Gasteiger partial charge in [-0.3, -0.25) is 14.9 Å². The molecule has 1 aromatic heterocycles. The normalized spacial score (nSPS) is 13.6.